The van der Waals surface area contributed by atoms with Crippen molar-refractivity contribution in [3.8, 4) is 5.75 Å². The lowest BCUT2D eigenvalue weighted by Gasteiger charge is -2.28. The van der Waals surface area contributed by atoms with E-state index in [0.717, 1.165) is 10.8 Å². The first-order valence-electron chi connectivity index (χ1n) is 11.2. The second kappa shape index (κ2) is 11.7. The molecule has 2 aromatic rings. The lowest BCUT2D eigenvalue weighted by atomic mass is 10.1. The molecule has 0 saturated carbocycles. The van der Waals surface area contributed by atoms with Crippen LogP contribution in [0.25, 0.3) is 0 Å². The van der Waals surface area contributed by atoms with Crippen molar-refractivity contribution >= 4 is 36.0 Å². The summed E-state index contributed by atoms with van der Waals surface area (Å²) in [5.41, 5.74) is -1.54. The Morgan fingerprint density at radius 3 is 2.62 bits per heavy atom. The van der Waals surface area contributed by atoms with Gasteiger partial charge < -0.3 is 23.6 Å². The molecule has 1 aromatic heterocycles. The van der Waals surface area contributed by atoms with E-state index in [1.807, 2.05) is 4.98 Å². The number of aliphatic hydroxyl groups is 1. The van der Waals surface area contributed by atoms with Crippen molar-refractivity contribution in [3.63, 3.8) is 0 Å². The highest BCUT2D eigenvalue weighted by atomic mass is 35.5. The van der Waals surface area contributed by atoms with E-state index in [2.05, 4.69) is 5.09 Å². The molecular formula is C22H28ClFN3O8PS. The molecule has 3 rings (SSSR count). The Labute approximate surface area is 222 Å². The number of aromatic nitrogens is 2. The number of halogens is 2. The third-order valence-corrected chi connectivity index (χ3v) is 8.12. The van der Waals surface area contributed by atoms with Gasteiger partial charge in [-0.15, -0.1) is 0 Å². The van der Waals surface area contributed by atoms with Gasteiger partial charge in [0, 0.05) is 11.8 Å². The van der Waals surface area contributed by atoms with Crippen molar-refractivity contribution in [3.05, 3.63) is 62.9 Å². The van der Waals surface area contributed by atoms with Gasteiger partial charge in [-0.3, -0.25) is 19.1 Å². The Hall–Kier alpha value is -2.12. The number of H-pyrrole nitrogens is 1. The topological polar surface area (TPSA) is 141 Å². The molecule has 11 nitrogen and oxygen atoms in total. The SMILES string of the molecule is Cc1cn([C@@H]2O[C@H](CO[P@@](=S)(N[C@@H](C)C(=O)OC(C)C)Oc3ccccc3)[C@@H](O)[C@@]2(F)Cl)c(=O)[nH]c1=O. The zero-order chi connectivity index (χ0) is 27.5. The van der Waals surface area contributed by atoms with E-state index in [1.165, 1.54) is 13.8 Å². The highest BCUT2D eigenvalue weighted by Gasteiger charge is 2.58. The lowest BCUT2D eigenvalue weighted by molar-refractivity contribution is -0.149. The van der Waals surface area contributed by atoms with E-state index in [-0.39, 0.29) is 11.7 Å². The first-order chi connectivity index (χ1) is 17.2. The van der Waals surface area contributed by atoms with Gasteiger partial charge in [-0.05, 0) is 51.6 Å². The summed E-state index contributed by atoms with van der Waals surface area (Å²) >= 11 is 11.5. The summed E-state index contributed by atoms with van der Waals surface area (Å²) in [5, 5.41) is 10.4. The number of esters is 1. The monoisotopic (exact) mass is 579 g/mol. The zero-order valence-electron chi connectivity index (χ0n) is 20.4. The molecule has 3 N–H and O–H groups in total. The van der Waals surface area contributed by atoms with Crippen LogP contribution in [-0.2, 0) is 30.6 Å². The summed E-state index contributed by atoms with van der Waals surface area (Å²) in [6.45, 7) is 2.26. The maximum Gasteiger partial charge on any atom is 0.330 e. The molecule has 0 aliphatic carbocycles. The number of aryl methyl sites for hydroxylation is 1. The van der Waals surface area contributed by atoms with Gasteiger partial charge in [0.05, 0.1) is 12.7 Å². The van der Waals surface area contributed by atoms with E-state index < -0.39 is 60.1 Å². The second-order valence-corrected chi connectivity index (χ2v) is 12.4. The zero-order valence-corrected chi connectivity index (χ0v) is 22.9. The molecule has 1 aromatic carbocycles. The minimum Gasteiger partial charge on any atom is -0.462 e. The Morgan fingerprint density at radius 1 is 1.35 bits per heavy atom. The fourth-order valence-corrected chi connectivity index (χ4v) is 6.09. The largest absolute Gasteiger partial charge is 0.462 e. The summed E-state index contributed by atoms with van der Waals surface area (Å²) in [6.07, 6.45) is -4.44. The summed E-state index contributed by atoms with van der Waals surface area (Å²) in [6, 6.07) is 7.48. The van der Waals surface area contributed by atoms with Crippen molar-refractivity contribution < 1.29 is 32.8 Å². The average molecular weight is 580 g/mol. The standard InChI is InChI=1S/C22H28ClFN3O8PS/c1-12(2)33-19(30)14(4)26-36(37,35-15-8-6-5-7-9-15)32-11-16-17(28)22(23,24)20(34-16)27-10-13(3)18(29)25-21(27)31/h5-10,12,14,16-17,20,28H,11H2,1-4H3,(H,26,37)(H,25,29,31)/t14-,16+,17+,20+,22-,36-/m0/s1. The first kappa shape index (κ1) is 29.4. The van der Waals surface area contributed by atoms with Crippen LogP contribution in [0.1, 0.15) is 32.6 Å². The molecule has 0 radical (unpaired) electrons. The predicted octanol–water partition coefficient (Wildman–Crippen LogP) is 2.26. The van der Waals surface area contributed by atoms with E-state index in [9.17, 15) is 19.5 Å². The van der Waals surface area contributed by atoms with E-state index in [4.69, 9.17) is 41.9 Å². The van der Waals surface area contributed by atoms with Crippen molar-refractivity contribution in [2.45, 2.75) is 63.4 Å². The summed E-state index contributed by atoms with van der Waals surface area (Å²) < 4.78 is 38.5. The molecule has 15 heteroatoms. The van der Waals surface area contributed by atoms with Crippen LogP contribution in [0.4, 0.5) is 4.39 Å². The minimum absolute atomic E-state index is 0.100. The predicted molar refractivity (Wildman–Crippen MR) is 137 cm³/mol. The van der Waals surface area contributed by atoms with Gasteiger partial charge in [-0.2, -0.15) is 0 Å². The second-order valence-electron chi connectivity index (χ2n) is 8.66. The Kier molecular flexibility index (Phi) is 9.33. The number of hydrogen-bond donors (Lipinski definition) is 3. The van der Waals surface area contributed by atoms with Gasteiger partial charge in [-0.25, -0.2) is 14.3 Å². The first-order valence-corrected chi connectivity index (χ1v) is 14.3. The third-order valence-electron chi connectivity index (χ3n) is 5.21. The summed E-state index contributed by atoms with van der Waals surface area (Å²) in [5.74, 6) is -0.265. The number of benzene rings is 1. The molecule has 1 fully saturated rings. The summed E-state index contributed by atoms with van der Waals surface area (Å²) in [4.78, 5) is 38.3. The fraction of sp³-hybridized carbons (Fsp3) is 0.500. The highest BCUT2D eigenvalue weighted by molar-refractivity contribution is 8.09. The van der Waals surface area contributed by atoms with Crippen LogP contribution in [0.2, 0.25) is 0 Å². The van der Waals surface area contributed by atoms with Crippen LogP contribution in [0.3, 0.4) is 0 Å². The normalized spacial score (nSPS) is 26.0. The number of carbonyl (C=O) groups is 1. The van der Waals surface area contributed by atoms with Crippen LogP contribution < -0.4 is 20.9 Å². The Bertz CT molecular complexity index is 1270. The Balaban J connectivity index is 1.82. The van der Waals surface area contributed by atoms with Crippen molar-refractivity contribution in [1.29, 1.82) is 0 Å². The maximum atomic E-state index is 15.4. The molecule has 1 aliphatic rings. The summed E-state index contributed by atoms with van der Waals surface area (Å²) in [7, 11) is 0. The van der Waals surface area contributed by atoms with E-state index >= 15 is 4.39 Å². The average Bonchev–Trinajstić information content (AvgIpc) is 3.03. The van der Waals surface area contributed by atoms with Gasteiger partial charge in [0.2, 0.25) is 0 Å². The molecule has 37 heavy (non-hydrogen) atoms. The number of ether oxygens (including phenoxy) is 2. The minimum atomic E-state index is -3.52. The quantitative estimate of drug-likeness (QED) is 0.218. The molecule has 1 saturated heterocycles. The molecule has 1 aliphatic heterocycles. The molecule has 0 amide bonds. The third kappa shape index (κ3) is 7.05. The van der Waals surface area contributed by atoms with Gasteiger partial charge in [0.1, 0.15) is 24.0 Å². The smallest absolute Gasteiger partial charge is 0.330 e. The number of para-hydroxylation sites is 1. The molecule has 0 bridgehead atoms. The van der Waals surface area contributed by atoms with Crippen molar-refractivity contribution in [1.82, 2.24) is 14.6 Å². The molecular weight excluding hydrogens is 552 g/mol. The van der Waals surface area contributed by atoms with Gasteiger partial charge >= 0.3 is 18.3 Å². The number of alkyl halides is 2. The van der Waals surface area contributed by atoms with Crippen molar-refractivity contribution in [2.24, 2.45) is 0 Å². The van der Waals surface area contributed by atoms with Crippen LogP contribution >= 0.6 is 18.2 Å². The molecule has 0 spiro atoms. The van der Waals surface area contributed by atoms with Crippen LogP contribution in [0.15, 0.2) is 46.1 Å². The fourth-order valence-electron chi connectivity index (χ4n) is 3.37. The molecule has 204 valence electrons. The molecule has 0 unspecified atom stereocenters. The van der Waals surface area contributed by atoms with Crippen LogP contribution in [0, 0.1) is 6.92 Å². The number of nitrogens with one attached hydrogen (secondary N) is 2. The maximum absolute atomic E-state index is 15.4. The van der Waals surface area contributed by atoms with Gasteiger partial charge in [-0.1, -0.05) is 29.8 Å². The lowest BCUT2D eigenvalue weighted by Crippen LogP contribution is -2.42. The van der Waals surface area contributed by atoms with Crippen LogP contribution in [0.5, 0.6) is 5.75 Å². The number of hydrogen-bond acceptors (Lipinski definition) is 9. The molecule has 6 atom stereocenters. The number of carbonyl (C=O) groups excluding carboxylic acids is 1. The number of aliphatic hydroxyl groups excluding tert-OH is 1. The van der Waals surface area contributed by atoms with Crippen molar-refractivity contribution in [2.75, 3.05) is 6.61 Å². The van der Waals surface area contributed by atoms with Gasteiger partial charge in [0.15, 0.2) is 6.23 Å². The Morgan fingerprint density at radius 2 is 2.00 bits per heavy atom. The number of rotatable bonds is 10. The number of nitrogens with zero attached hydrogens (tertiary/aromatic N) is 1. The highest BCUT2D eigenvalue weighted by Crippen LogP contribution is 2.48. The van der Waals surface area contributed by atoms with E-state index in [1.54, 1.807) is 44.2 Å². The number of aromatic amines is 1. The van der Waals surface area contributed by atoms with Crippen LogP contribution in [-0.4, -0.2) is 56.7 Å². The van der Waals surface area contributed by atoms with E-state index in [0.29, 0.717) is 5.75 Å². The molecule has 2 heterocycles. The van der Waals surface area contributed by atoms with Gasteiger partial charge in [0.25, 0.3) is 10.7 Å².